The summed E-state index contributed by atoms with van der Waals surface area (Å²) in [5.74, 6) is 1.68. The Balaban J connectivity index is 1.96. The summed E-state index contributed by atoms with van der Waals surface area (Å²) in [6.07, 6.45) is 0.556. The molecule has 0 aliphatic rings. The van der Waals surface area contributed by atoms with Crippen molar-refractivity contribution in [3.05, 3.63) is 41.8 Å². The third kappa shape index (κ3) is 4.29. The highest BCUT2D eigenvalue weighted by molar-refractivity contribution is 7.80. The lowest BCUT2D eigenvalue weighted by atomic mass is 9.93. The molecule has 112 valence electrons. The van der Waals surface area contributed by atoms with E-state index < -0.39 is 0 Å². The molecule has 1 aromatic carbocycles. The summed E-state index contributed by atoms with van der Waals surface area (Å²) >= 11 is 5.36. The summed E-state index contributed by atoms with van der Waals surface area (Å²) in [6.45, 7) is 6.27. The molecule has 2 rings (SSSR count). The largest absolute Gasteiger partial charge is 0.497 e. The number of anilines is 1. The quantitative estimate of drug-likeness (QED) is 0.866. The van der Waals surface area contributed by atoms with Crippen LogP contribution in [0.15, 0.2) is 34.9 Å². The molecule has 2 aromatic rings. The standard InChI is InChI=1S/C16H20N2O2S/c1-16(2,3)14-9-12(18-20-14)10-15(21)17-11-5-7-13(19-4)8-6-11/h5-9H,10H2,1-4H3,(H,17,21). The molecule has 1 N–H and O–H groups in total. The molecule has 5 heteroatoms. The van der Waals surface area contributed by atoms with Crippen molar-refractivity contribution in [2.24, 2.45) is 0 Å². The van der Waals surface area contributed by atoms with Crippen molar-refractivity contribution in [2.75, 3.05) is 12.4 Å². The number of ether oxygens (including phenoxy) is 1. The maximum Gasteiger partial charge on any atom is 0.142 e. The van der Waals surface area contributed by atoms with Gasteiger partial charge in [0.05, 0.1) is 17.8 Å². The molecule has 0 spiro atoms. The second-order valence-electron chi connectivity index (χ2n) is 5.89. The Morgan fingerprint density at radius 2 is 1.95 bits per heavy atom. The van der Waals surface area contributed by atoms with Crippen molar-refractivity contribution in [3.63, 3.8) is 0 Å². The van der Waals surface area contributed by atoms with E-state index in [-0.39, 0.29) is 5.41 Å². The number of nitrogens with one attached hydrogen (secondary N) is 1. The highest BCUT2D eigenvalue weighted by Crippen LogP contribution is 2.23. The topological polar surface area (TPSA) is 47.3 Å². The Bertz CT molecular complexity index is 612. The molecule has 0 unspecified atom stereocenters. The van der Waals surface area contributed by atoms with Crippen LogP contribution >= 0.6 is 12.2 Å². The fraction of sp³-hybridized carbons (Fsp3) is 0.375. The molecule has 21 heavy (non-hydrogen) atoms. The van der Waals surface area contributed by atoms with E-state index in [0.717, 1.165) is 22.9 Å². The Labute approximate surface area is 130 Å². The van der Waals surface area contributed by atoms with Crippen LogP contribution in [0.5, 0.6) is 5.75 Å². The lowest BCUT2D eigenvalue weighted by Gasteiger charge is -2.12. The highest BCUT2D eigenvalue weighted by atomic mass is 32.1. The monoisotopic (exact) mass is 304 g/mol. The molecular weight excluding hydrogens is 284 g/mol. The second-order valence-corrected chi connectivity index (χ2v) is 6.38. The average Bonchev–Trinajstić information content (AvgIpc) is 2.88. The van der Waals surface area contributed by atoms with Crippen molar-refractivity contribution < 1.29 is 9.26 Å². The van der Waals surface area contributed by atoms with E-state index in [0.29, 0.717) is 11.4 Å². The Morgan fingerprint density at radius 3 is 2.48 bits per heavy atom. The zero-order valence-corrected chi connectivity index (χ0v) is 13.6. The van der Waals surface area contributed by atoms with Crippen LogP contribution in [-0.4, -0.2) is 17.3 Å². The summed E-state index contributed by atoms with van der Waals surface area (Å²) in [5, 5.41) is 7.25. The van der Waals surface area contributed by atoms with E-state index in [1.54, 1.807) is 7.11 Å². The fourth-order valence-corrected chi connectivity index (χ4v) is 2.06. The smallest absolute Gasteiger partial charge is 0.142 e. The van der Waals surface area contributed by atoms with Crippen LogP contribution in [-0.2, 0) is 11.8 Å². The van der Waals surface area contributed by atoms with Crippen molar-refractivity contribution in [3.8, 4) is 5.75 Å². The Hall–Kier alpha value is -1.88. The summed E-state index contributed by atoms with van der Waals surface area (Å²) in [5.41, 5.74) is 1.72. The first kappa shape index (κ1) is 15.5. The Morgan fingerprint density at radius 1 is 1.29 bits per heavy atom. The van der Waals surface area contributed by atoms with E-state index in [1.807, 2.05) is 30.3 Å². The van der Waals surface area contributed by atoms with E-state index in [4.69, 9.17) is 21.5 Å². The minimum Gasteiger partial charge on any atom is -0.497 e. The van der Waals surface area contributed by atoms with Crippen molar-refractivity contribution in [1.82, 2.24) is 5.16 Å². The van der Waals surface area contributed by atoms with Crippen LogP contribution in [0.3, 0.4) is 0 Å². The van der Waals surface area contributed by atoms with Gasteiger partial charge in [0, 0.05) is 23.6 Å². The molecule has 0 aliphatic carbocycles. The van der Waals surface area contributed by atoms with Crippen molar-refractivity contribution >= 4 is 22.9 Å². The molecule has 0 aliphatic heterocycles. The predicted octanol–water partition coefficient (Wildman–Crippen LogP) is 3.96. The first-order valence-electron chi connectivity index (χ1n) is 6.78. The van der Waals surface area contributed by atoms with Gasteiger partial charge in [0.2, 0.25) is 0 Å². The molecule has 0 bridgehead atoms. The normalized spacial score (nSPS) is 11.2. The van der Waals surface area contributed by atoms with Gasteiger partial charge in [-0.2, -0.15) is 0 Å². The van der Waals surface area contributed by atoms with Crippen LogP contribution in [0.2, 0.25) is 0 Å². The van der Waals surface area contributed by atoms with Crippen LogP contribution in [0, 0.1) is 0 Å². The van der Waals surface area contributed by atoms with Gasteiger partial charge in [-0.1, -0.05) is 38.1 Å². The fourth-order valence-electron chi connectivity index (χ4n) is 1.79. The van der Waals surface area contributed by atoms with E-state index in [1.165, 1.54) is 0 Å². The van der Waals surface area contributed by atoms with Gasteiger partial charge >= 0.3 is 0 Å². The van der Waals surface area contributed by atoms with Gasteiger partial charge in [-0.05, 0) is 24.3 Å². The molecule has 0 saturated carbocycles. The van der Waals surface area contributed by atoms with Gasteiger partial charge in [0.15, 0.2) is 0 Å². The zero-order valence-electron chi connectivity index (χ0n) is 12.8. The summed E-state index contributed by atoms with van der Waals surface area (Å²) in [6, 6.07) is 9.59. The number of hydrogen-bond donors (Lipinski definition) is 1. The number of rotatable bonds is 4. The maximum absolute atomic E-state index is 5.36. The summed E-state index contributed by atoms with van der Waals surface area (Å²) in [7, 11) is 1.64. The van der Waals surface area contributed by atoms with Crippen LogP contribution in [0.25, 0.3) is 0 Å². The molecule has 0 saturated heterocycles. The third-order valence-electron chi connectivity index (χ3n) is 3.01. The van der Waals surface area contributed by atoms with E-state index in [9.17, 15) is 0 Å². The SMILES string of the molecule is COc1ccc(NC(=S)Cc2cc(C(C)(C)C)on2)cc1. The van der Waals surface area contributed by atoms with Gasteiger partial charge in [-0.25, -0.2) is 0 Å². The van der Waals surface area contributed by atoms with Crippen LogP contribution in [0.4, 0.5) is 5.69 Å². The molecule has 4 nitrogen and oxygen atoms in total. The number of methoxy groups -OCH3 is 1. The van der Waals surface area contributed by atoms with Gasteiger partial charge in [0.25, 0.3) is 0 Å². The van der Waals surface area contributed by atoms with E-state index in [2.05, 4.69) is 31.2 Å². The second kappa shape index (κ2) is 6.26. The van der Waals surface area contributed by atoms with Crippen molar-refractivity contribution in [1.29, 1.82) is 0 Å². The molecule has 0 radical (unpaired) electrons. The molecule has 1 heterocycles. The van der Waals surface area contributed by atoms with Crippen molar-refractivity contribution in [2.45, 2.75) is 32.6 Å². The highest BCUT2D eigenvalue weighted by Gasteiger charge is 2.19. The predicted molar refractivity (Wildman–Crippen MR) is 88.1 cm³/mol. The number of hydrogen-bond acceptors (Lipinski definition) is 4. The number of thiocarbonyl (C=S) groups is 1. The number of benzene rings is 1. The molecule has 0 amide bonds. The number of nitrogens with zero attached hydrogens (tertiary/aromatic N) is 1. The van der Waals surface area contributed by atoms with Gasteiger partial charge < -0.3 is 14.6 Å². The minimum atomic E-state index is -0.0454. The Kier molecular flexibility index (Phi) is 4.63. The third-order valence-corrected chi connectivity index (χ3v) is 3.26. The average molecular weight is 304 g/mol. The lowest BCUT2D eigenvalue weighted by molar-refractivity contribution is 0.326. The first-order chi connectivity index (χ1) is 9.88. The van der Waals surface area contributed by atoms with Crippen LogP contribution in [0.1, 0.15) is 32.2 Å². The molecular formula is C16H20N2O2S. The molecule has 1 aromatic heterocycles. The van der Waals surface area contributed by atoms with E-state index >= 15 is 0 Å². The summed E-state index contributed by atoms with van der Waals surface area (Å²) < 4.78 is 10.5. The number of aromatic nitrogens is 1. The van der Waals surface area contributed by atoms with Gasteiger partial charge in [-0.3, -0.25) is 0 Å². The van der Waals surface area contributed by atoms with Crippen LogP contribution < -0.4 is 10.1 Å². The zero-order chi connectivity index (χ0) is 15.5. The van der Waals surface area contributed by atoms with Gasteiger partial charge in [-0.15, -0.1) is 0 Å². The molecule has 0 atom stereocenters. The minimum absolute atomic E-state index is 0.0454. The molecule has 0 fully saturated rings. The maximum atomic E-state index is 5.36. The van der Waals surface area contributed by atoms with Gasteiger partial charge in [0.1, 0.15) is 11.5 Å². The lowest BCUT2D eigenvalue weighted by Crippen LogP contribution is -2.12. The first-order valence-corrected chi connectivity index (χ1v) is 7.19. The summed E-state index contributed by atoms with van der Waals surface area (Å²) in [4.78, 5) is 0.703.